The van der Waals surface area contributed by atoms with Crippen LogP contribution in [0.2, 0.25) is 0 Å². The lowest BCUT2D eigenvalue weighted by Crippen LogP contribution is -2.34. The number of nitrogens with two attached hydrogens (primary N) is 1. The van der Waals surface area contributed by atoms with Crippen LogP contribution in [0.15, 0.2) is 48.8 Å². The maximum Gasteiger partial charge on any atom is 0.472 e. The molecule has 3 atom stereocenters. The maximum atomic E-state index is 12.6. The van der Waals surface area contributed by atoms with Gasteiger partial charge in [0.2, 0.25) is 0 Å². The van der Waals surface area contributed by atoms with Gasteiger partial charge in [-0.15, -0.1) is 0 Å². The topological polar surface area (TPSA) is 155 Å². The molecule has 0 aromatic carbocycles. The smallest absolute Gasteiger partial charge is 0.472 e. The zero-order chi connectivity index (χ0) is 40.5. The van der Waals surface area contributed by atoms with E-state index in [1.807, 2.05) is 6.08 Å². The largest absolute Gasteiger partial charge is 0.498 e. The molecule has 11 heteroatoms. The lowest BCUT2D eigenvalue weighted by molar-refractivity contribution is -0.153. The summed E-state index contributed by atoms with van der Waals surface area (Å²) in [6.45, 7) is 3.23. The molecule has 0 saturated heterocycles. The van der Waals surface area contributed by atoms with Gasteiger partial charge in [-0.25, -0.2) is 4.57 Å². The molecule has 0 aromatic rings. The lowest BCUT2D eigenvalue weighted by Gasteiger charge is -2.20. The molecule has 0 aliphatic heterocycles. The maximum absolute atomic E-state index is 12.6. The average Bonchev–Trinajstić information content (AvgIpc) is 3.16. The van der Waals surface area contributed by atoms with Gasteiger partial charge in [0.25, 0.3) is 0 Å². The summed E-state index contributed by atoms with van der Waals surface area (Å²) < 4.78 is 33.1. The summed E-state index contributed by atoms with van der Waals surface area (Å²) in [5, 5.41) is 8.89. The number of unbranched alkanes of at least 4 members (excludes halogenated alkanes) is 21. The molecule has 10 nitrogen and oxygen atoms in total. The molecule has 0 saturated carbocycles. The number of hydrogen-bond acceptors (Lipinski definition) is 8. The molecule has 320 valence electrons. The van der Waals surface area contributed by atoms with Crippen LogP contribution < -0.4 is 5.73 Å². The molecule has 0 rings (SSSR count). The van der Waals surface area contributed by atoms with Crippen molar-refractivity contribution in [3.8, 4) is 0 Å². The predicted octanol–water partition coefficient (Wildman–Crippen LogP) is 12.2. The zero-order valence-corrected chi connectivity index (χ0v) is 35.7. The van der Waals surface area contributed by atoms with Gasteiger partial charge in [0.1, 0.15) is 12.6 Å². The van der Waals surface area contributed by atoms with Crippen LogP contribution in [-0.2, 0) is 32.7 Å². The Morgan fingerprint density at radius 1 is 0.582 bits per heavy atom. The van der Waals surface area contributed by atoms with Gasteiger partial charge in [-0.3, -0.25) is 18.6 Å². The van der Waals surface area contributed by atoms with E-state index in [-0.39, 0.29) is 13.0 Å². The Labute approximate surface area is 335 Å². The number of rotatable bonds is 41. The van der Waals surface area contributed by atoms with E-state index in [1.54, 1.807) is 6.26 Å². The Hall–Kier alpha value is -2.23. The van der Waals surface area contributed by atoms with Gasteiger partial charge in [0.15, 0.2) is 6.10 Å². The molecule has 55 heavy (non-hydrogen) atoms. The van der Waals surface area contributed by atoms with Crippen molar-refractivity contribution in [1.82, 2.24) is 0 Å². The van der Waals surface area contributed by atoms with Crippen LogP contribution in [0.25, 0.3) is 0 Å². The highest BCUT2D eigenvalue weighted by Gasteiger charge is 2.27. The van der Waals surface area contributed by atoms with Crippen LogP contribution in [-0.4, -0.2) is 53.9 Å². The molecule has 0 heterocycles. The van der Waals surface area contributed by atoms with Gasteiger partial charge in [0, 0.05) is 6.42 Å². The van der Waals surface area contributed by atoms with E-state index < -0.39 is 45.1 Å². The van der Waals surface area contributed by atoms with Crippen molar-refractivity contribution in [3.63, 3.8) is 0 Å². The first-order valence-electron chi connectivity index (χ1n) is 21.7. The fourth-order valence-electron chi connectivity index (χ4n) is 5.75. The van der Waals surface area contributed by atoms with Crippen molar-refractivity contribution in [2.24, 2.45) is 5.73 Å². The third kappa shape index (κ3) is 39.8. The predicted molar refractivity (Wildman–Crippen MR) is 226 cm³/mol. The van der Waals surface area contributed by atoms with Crippen molar-refractivity contribution >= 4 is 19.8 Å². The second kappa shape index (κ2) is 40.0. The van der Waals surface area contributed by atoms with Crippen molar-refractivity contribution < 1.29 is 42.7 Å². The Morgan fingerprint density at radius 2 is 1.00 bits per heavy atom. The normalized spacial score (nSPS) is 14.3. The van der Waals surface area contributed by atoms with Crippen LogP contribution in [0.5, 0.6) is 0 Å². The third-order valence-corrected chi connectivity index (χ3v) is 10.1. The fraction of sp³-hybridized carbons (Fsp3) is 0.773. The van der Waals surface area contributed by atoms with Crippen molar-refractivity contribution in [2.75, 3.05) is 19.8 Å². The molecule has 0 aliphatic rings. The summed E-state index contributed by atoms with van der Waals surface area (Å²) in [7, 11) is -4.64. The first-order valence-corrected chi connectivity index (χ1v) is 23.2. The zero-order valence-electron chi connectivity index (χ0n) is 34.8. The molecule has 0 fully saturated rings. The highest BCUT2D eigenvalue weighted by atomic mass is 31.2. The second-order valence-corrected chi connectivity index (χ2v) is 16.0. The van der Waals surface area contributed by atoms with E-state index in [1.165, 1.54) is 109 Å². The molecule has 4 N–H and O–H groups in total. The van der Waals surface area contributed by atoms with Gasteiger partial charge < -0.3 is 25.2 Å². The molecular weight excluding hydrogens is 717 g/mol. The Bertz CT molecular complexity index is 1060. The Balaban J connectivity index is 4.34. The number of carbonyl (C=O) groups is 2. The number of carboxylic acids is 1. The first kappa shape index (κ1) is 52.8. The summed E-state index contributed by atoms with van der Waals surface area (Å²) >= 11 is 0. The van der Waals surface area contributed by atoms with Crippen molar-refractivity contribution in [3.05, 3.63) is 48.8 Å². The van der Waals surface area contributed by atoms with Gasteiger partial charge in [-0.05, 0) is 63.9 Å². The lowest BCUT2D eigenvalue weighted by atomic mass is 10.0. The summed E-state index contributed by atoms with van der Waals surface area (Å²) in [5.74, 6) is -1.83. The molecular formula is C44H80NO9P. The van der Waals surface area contributed by atoms with Crippen LogP contribution in [0, 0.1) is 0 Å². The van der Waals surface area contributed by atoms with Gasteiger partial charge in [-0.2, -0.15) is 0 Å². The summed E-state index contributed by atoms with van der Waals surface area (Å²) in [4.78, 5) is 33.5. The standard InChI is InChI=1S/C44H80NO9P/c1-3-5-7-9-11-13-15-17-19-21-22-24-26-28-30-32-34-36-43(46)54-41(39-52-55(49,50)53-40-42(45)44(47)48)38-51-37-35-33-31-29-27-25-23-20-18-16-14-12-10-8-6-4-2/h11,13,17,19,22,24,35,37,41-42H,3-10,12,14-16,18,20-21,23,25-34,36,38-40,45H2,1-2H3,(H,47,48)(H,49,50)/b13-11-,19-17-,24-22-,37-35-/t41-,42+/m1/s1. The minimum Gasteiger partial charge on any atom is -0.498 e. The molecule has 1 unspecified atom stereocenters. The number of aliphatic carboxylic acids is 1. The van der Waals surface area contributed by atoms with Gasteiger partial charge >= 0.3 is 19.8 Å². The number of carbonyl (C=O) groups excluding carboxylic acids is 1. The molecule has 0 amide bonds. The summed E-state index contributed by atoms with van der Waals surface area (Å²) in [6, 6.07) is -1.48. The third-order valence-electron chi connectivity index (χ3n) is 9.18. The number of ether oxygens (including phenoxy) is 2. The number of hydrogen-bond donors (Lipinski definition) is 3. The number of phosphoric acid groups is 1. The van der Waals surface area contributed by atoms with Gasteiger partial charge in [0.05, 0.1) is 19.5 Å². The highest BCUT2D eigenvalue weighted by molar-refractivity contribution is 7.47. The SMILES string of the molecule is CCCCC/C=C\C/C=C\C/C=C\CCCCCCC(=O)O[C@H](CO/C=C\CCCCCCCCCCCCCCCC)COP(=O)(O)OC[C@H](N)C(=O)O. The second-order valence-electron chi connectivity index (χ2n) is 14.5. The minimum atomic E-state index is -4.64. The van der Waals surface area contributed by atoms with Crippen molar-refractivity contribution in [2.45, 2.75) is 199 Å². The van der Waals surface area contributed by atoms with E-state index in [4.69, 9.17) is 29.4 Å². The highest BCUT2D eigenvalue weighted by Crippen LogP contribution is 2.43. The number of allylic oxidation sites excluding steroid dienone is 7. The Kier molecular flexibility index (Phi) is 38.4. The molecule has 0 radical (unpaired) electrons. The van der Waals surface area contributed by atoms with E-state index in [2.05, 4.69) is 50.3 Å². The van der Waals surface area contributed by atoms with Crippen LogP contribution in [0.1, 0.15) is 187 Å². The molecule has 0 aromatic heterocycles. The average molecular weight is 798 g/mol. The van der Waals surface area contributed by atoms with Crippen molar-refractivity contribution in [1.29, 1.82) is 0 Å². The van der Waals surface area contributed by atoms with E-state index in [0.29, 0.717) is 6.42 Å². The van der Waals surface area contributed by atoms with Crippen LogP contribution in [0.3, 0.4) is 0 Å². The fourth-order valence-corrected chi connectivity index (χ4v) is 6.53. The Morgan fingerprint density at radius 3 is 1.53 bits per heavy atom. The van der Waals surface area contributed by atoms with E-state index in [9.17, 15) is 19.0 Å². The van der Waals surface area contributed by atoms with Gasteiger partial charge in [-0.1, -0.05) is 159 Å². The van der Waals surface area contributed by atoms with Crippen LogP contribution >= 0.6 is 7.82 Å². The summed E-state index contributed by atoms with van der Waals surface area (Å²) in [5.41, 5.74) is 5.35. The monoisotopic (exact) mass is 798 g/mol. The molecule has 0 bridgehead atoms. The number of carboxylic acid groups (broad SMARTS) is 1. The van der Waals surface area contributed by atoms with E-state index >= 15 is 0 Å². The minimum absolute atomic E-state index is 0.0765. The quantitative estimate of drug-likeness (QED) is 0.0179. The summed E-state index contributed by atoms with van der Waals surface area (Å²) in [6.07, 6.45) is 46.7. The molecule has 0 aliphatic carbocycles. The van der Waals surface area contributed by atoms with Crippen LogP contribution in [0.4, 0.5) is 0 Å². The first-order chi connectivity index (χ1) is 26.7. The van der Waals surface area contributed by atoms with E-state index in [0.717, 1.165) is 51.4 Å². The number of phosphoric ester groups is 1. The number of esters is 1. The molecule has 0 spiro atoms.